The molecule has 2 aliphatic heterocycles. The lowest BCUT2D eigenvalue weighted by molar-refractivity contribution is 0.0715. The van der Waals surface area contributed by atoms with Crippen LogP contribution in [0.25, 0.3) is 11.0 Å². The van der Waals surface area contributed by atoms with Gasteiger partial charge >= 0.3 is 0 Å². The van der Waals surface area contributed by atoms with E-state index < -0.39 is 0 Å². The highest BCUT2D eigenvalue weighted by atomic mass is 16.5. The maximum Gasteiger partial charge on any atom is 0.289 e. The molecule has 0 atom stereocenters. The molecule has 0 spiro atoms. The highest BCUT2D eigenvalue weighted by molar-refractivity contribution is 5.95. The molecule has 1 amide bonds. The van der Waals surface area contributed by atoms with Gasteiger partial charge in [-0.05, 0) is 43.4 Å². The first kappa shape index (κ1) is 25.6. The Morgan fingerprint density at radius 1 is 0.861 bits per heavy atom. The van der Waals surface area contributed by atoms with Crippen LogP contribution >= 0.6 is 0 Å². The topological polar surface area (TPSA) is 69.5 Å². The number of likely N-dealkylation sites (N-methyl/N-ethyl adjacent to an activating group) is 1. The summed E-state index contributed by atoms with van der Waals surface area (Å²) in [7, 11) is 3.75. The van der Waals surface area contributed by atoms with Crippen LogP contribution < -0.4 is 20.0 Å². The molecule has 0 radical (unpaired) electrons. The molecule has 2 saturated heterocycles. The molecule has 8 nitrogen and oxygen atoms in total. The van der Waals surface area contributed by atoms with Gasteiger partial charge in [0.15, 0.2) is 16.8 Å². The van der Waals surface area contributed by atoms with E-state index in [0.717, 1.165) is 43.3 Å². The molecule has 0 N–H and O–H groups in total. The number of piperazine rings is 2. The maximum atomic E-state index is 13.3. The van der Waals surface area contributed by atoms with E-state index in [9.17, 15) is 9.59 Å². The molecule has 8 heteroatoms. The fourth-order valence-corrected chi connectivity index (χ4v) is 4.68. The van der Waals surface area contributed by atoms with Gasteiger partial charge in [-0.2, -0.15) is 0 Å². The Hall–Kier alpha value is -3.52. The predicted molar refractivity (Wildman–Crippen MR) is 145 cm³/mol. The minimum atomic E-state index is -0.235. The predicted octanol–water partition coefficient (Wildman–Crippen LogP) is 3.54. The van der Waals surface area contributed by atoms with Gasteiger partial charge in [-0.25, -0.2) is 0 Å². The Balaban J connectivity index is 0.00000148. The van der Waals surface area contributed by atoms with Crippen LogP contribution in [-0.4, -0.2) is 82.2 Å². The molecule has 36 heavy (non-hydrogen) atoms. The molecule has 0 bridgehead atoms. The number of amides is 1. The number of carbonyl (C=O) groups is 1. The molecule has 2 aliphatic rings. The van der Waals surface area contributed by atoms with Crippen molar-refractivity contribution < 1.29 is 13.9 Å². The van der Waals surface area contributed by atoms with E-state index in [1.807, 2.05) is 50.2 Å². The van der Waals surface area contributed by atoms with Crippen molar-refractivity contribution >= 4 is 28.3 Å². The number of hydrogen-bond acceptors (Lipinski definition) is 7. The van der Waals surface area contributed by atoms with Gasteiger partial charge in [0.25, 0.3) is 5.91 Å². The third-order valence-corrected chi connectivity index (χ3v) is 6.79. The van der Waals surface area contributed by atoms with Gasteiger partial charge in [-0.1, -0.05) is 19.9 Å². The lowest BCUT2D eigenvalue weighted by atomic mass is 10.1. The number of anilines is 2. The van der Waals surface area contributed by atoms with Gasteiger partial charge < -0.3 is 28.8 Å². The Kier molecular flexibility index (Phi) is 8.15. The van der Waals surface area contributed by atoms with E-state index >= 15 is 0 Å². The number of nitrogens with zero attached hydrogens (tertiary/aromatic N) is 4. The van der Waals surface area contributed by atoms with Gasteiger partial charge in [-0.3, -0.25) is 9.59 Å². The monoisotopic (exact) mass is 492 g/mol. The molecule has 192 valence electrons. The number of carbonyl (C=O) groups excluding carboxylic acids is 1. The highest BCUT2D eigenvalue weighted by Crippen LogP contribution is 2.28. The number of para-hydroxylation sites is 1. The quantitative estimate of drug-likeness (QED) is 0.552. The number of rotatable bonds is 4. The van der Waals surface area contributed by atoms with E-state index in [4.69, 9.17) is 9.15 Å². The van der Waals surface area contributed by atoms with Crippen molar-refractivity contribution in [3.63, 3.8) is 0 Å². The third-order valence-electron chi connectivity index (χ3n) is 6.79. The van der Waals surface area contributed by atoms with Crippen molar-refractivity contribution in [2.75, 3.05) is 76.3 Å². The number of methoxy groups -OCH3 is 1. The Bertz CT molecular complexity index is 1220. The average molecular weight is 493 g/mol. The molecule has 1 aromatic heterocycles. The lowest BCUT2D eigenvalue weighted by Crippen LogP contribution is -2.48. The zero-order valence-electron chi connectivity index (χ0n) is 21.7. The second-order valence-electron chi connectivity index (χ2n) is 8.90. The van der Waals surface area contributed by atoms with E-state index in [0.29, 0.717) is 37.1 Å². The van der Waals surface area contributed by atoms with Gasteiger partial charge in [-0.15, -0.1) is 0 Å². The van der Waals surface area contributed by atoms with Gasteiger partial charge in [0.05, 0.1) is 18.2 Å². The fraction of sp³-hybridized carbons (Fsp3) is 0.429. The molecule has 3 heterocycles. The number of ether oxygens (including phenoxy) is 1. The minimum absolute atomic E-state index is 0.108. The Labute approximate surface area is 212 Å². The van der Waals surface area contributed by atoms with Crippen LogP contribution in [0.2, 0.25) is 0 Å². The smallest absolute Gasteiger partial charge is 0.289 e. The molecule has 0 unspecified atom stereocenters. The van der Waals surface area contributed by atoms with Crippen molar-refractivity contribution in [3.8, 4) is 5.75 Å². The molecule has 5 rings (SSSR count). The zero-order valence-corrected chi connectivity index (χ0v) is 21.7. The first-order chi connectivity index (χ1) is 17.5. The normalized spacial score (nSPS) is 16.5. The van der Waals surface area contributed by atoms with E-state index in [-0.39, 0.29) is 17.1 Å². The van der Waals surface area contributed by atoms with Gasteiger partial charge in [0, 0.05) is 64.1 Å². The minimum Gasteiger partial charge on any atom is -0.497 e. The summed E-state index contributed by atoms with van der Waals surface area (Å²) in [5, 5.41) is 0.511. The molecule has 3 aromatic rings. The summed E-state index contributed by atoms with van der Waals surface area (Å²) in [5.41, 5.74) is 2.29. The first-order valence-electron chi connectivity index (χ1n) is 12.7. The second kappa shape index (κ2) is 11.5. The summed E-state index contributed by atoms with van der Waals surface area (Å²) in [6, 6.07) is 14.9. The van der Waals surface area contributed by atoms with E-state index in [2.05, 4.69) is 21.7 Å². The molecule has 2 fully saturated rings. The maximum absolute atomic E-state index is 13.3. The Morgan fingerprint density at radius 2 is 1.50 bits per heavy atom. The van der Waals surface area contributed by atoms with Crippen LogP contribution in [0.4, 0.5) is 11.4 Å². The van der Waals surface area contributed by atoms with Crippen molar-refractivity contribution in [2.45, 2.75) is 13.8 Å². The summed E-state index contributed by atoms with van der Waals surface area (Å²) < 4.78 is 11.4. The summed E-state index contributed by atoms with van der Waals surface area (Å²) in [6.45, 7) is 10.1. The van der Waals surface area contributed by atoms with Crippen LogP contribution in [0.15, 0.2) is 57.7 Å². The summed E-state index contributed by atoms with van der Waals surface area (Å²) >= 11 is 0. The lowest BCUT2D eigenvalue weighted by Gasteiger charge is -2.36. The number of fused-ring (bicyclic) bond motifs is 1. The van der Waals surface area contributed by atoms with Crippen molar-refractivity contribution in [1.29, 1.82) is 0 Å². The van der Waals surface area contributed by atoms with Crippen molar-refractivity contribution in [2.24, 2.45) is 0 Å². The van der Waals surface area contributed by atoms with Crippen molar-refractivity contribution in [3.05, 3.63) is 64.5 Å². The number of benzene rings is 2. The zero-order chi connectivity index (χ0) is 25.7. The van der Waals surface area contributed by atoms with Crippen molar-refractivity contribution in [1.82, 2.24) is 9.80 Å². The van der Waals surface area contributed by atoms with Crippen LogP contribution in [-0.2, 0) is 0 Å². The third kappa shape index (κ3) is 5.33. The average Bonchev–Trinajstić information content (AvgIpc) is 2.94. The molecule has 2 aromatic carbocycles. The molecule has 0 aliphatic carbocycles. The van der Waals surface area contributed by atoms with E-state index in [1.165, 1.54) is 6.07 Å². The Morgan fingerprint density at radius 3 is 2.14 bits per heavy atom. The molecular formula is C28H36N4O4. The fourth-order valence-electron chi connectivity index (χ4n) is 4.68. The van der Waals surface area contributed by atoms with Crippen LogP contribution in [0, 0.1) is 0 Å². The van der Waals surface area contributed by atoms with Crippen LogP contribution in [0.5, 0.6) is 5.75 Å². The highest BCUT2D eigenvalue weighted by Gasteiger charge is 2.26. The van der Waals surface area contributed by atoms with Gasteiger partial charge in [0.2, 0.25) is 0 Å². The summed E-state index contributed by atoms with van der Waals surface area (Å²) in [4.78, 5) is 34.7. The van der Waals surface area contributed by atoms with Crippen LogP contribution in [0.3, 0.4) is 0 Å². The SMILES string of the molecule is CC.COc1ccc(N2CCN(C(=O)c3cc(=O)c4cccc(N5CCN(C)CC5)c4o3)CC2)cc1. The molecule has 0 saturated carbocycles. The standard InChI is InChI=1S/C26H30N4O4.C2H6/c1-27-10-12-29(13-11-27)22-5-3-4-21-23(31)18-24(34-25(21)22)26(32)30-16-14-28(15-17-30)19-6-8-20(33-2)9-7-19;1-2/h3-9,18H,10-17H2,1-2H3;1-2H3. The second-order valence-corrected chi connectivity index (χ2v) is 8.90. The number of hydrogen-bond donors (Lipinski definition) is 0. The van der Waals surface area contributed by atoms with Gasteiger partial charge in [0.1, 0.15) is 5.75 Å². The van der Waals surface area contributed by atoms with Crippen LogP contribution in [0.1, 0.15) is 24.4 Å². The largest absolute Gasteiger partial charge is 0.497 e. The summed E-state index contributed by atoms with van der Waals surface area (Å²) in [6.07, 6.45) is 0. The molecular weight excluding hydrogens is 456 g/mol. The summed E-state index contributed by atoms with van der Waals surface area (Å²) in [5.74, 6) is 0.693. The van der Waals surface area contributed by atoms with E-state index in [1.54, 1.807) is 18.1 Å². The first-order valence-corrected chi connectivity index (χ1v) is 12.7.